The third-order valence-electron chi connectivity index (χ3n) is 1.64. The fourth-order valence-corrected chi connectivity index (χ4v) is 0.943. The van der Waals surface area contributed by atoms with E-state index in [1.54, 1.807) is 12.3 Å². The number of hydrogen-bond donors (Lipinski definition) is 2. The second-order valence-corrected chi connectivity index (χ2v) is 2.73. The van der Waals surface area contributed by atoms with Crippen molar-refractivity contribution in [1.29, 1.82) is 5.26 Å². The van der Waals surface area contributed by atoms with Crippen molar-refractivity contribution < 1.29 is 5.11 Å². The molecular formula is C9H12N4O. The summed E-state index contributed by atoms with van der Waals surface area (Å²) in [5.74, 6) is 0.460. The zero-order chi connectivity index (χ0) is 10.2. The molecular weight excluding hydrogens is 180 g/mol. The minimum Gasteiger partial charge on any atom is -0.396 e. The summed E-state index contributed by atoms with van der Waals surface area (Å²) in [5, 5.41) is 20.1. The van der Waals surface area contributed by atoms with Gasteiger partial charge in [0.05, 0.1) is 0 Å². The van der Waals surface area contributed by atoms with Crippen LogP contribution < -0.4 is 5.32 Å². The zero-order valence-corrected chi connectivity index (χ0v) is 7.77. The van der Waals surface area contributed by atoms with Gasteiger partial charge in [-0.25, -0.2) is 9.97 Å². The van der Waals surface area contributed by atoms with E-state index < -0.39 is 0 Å². The normalized spacial score (nSPS) is 9.43. The second-order valence-electron chi connectivity index (χ2n) is 2.73. The Kier molecular flexibility index (Phi) is 4.38. The second kappa shape index (κ2) is 5.89. The summed E-state index contributed by atoms with van der Waals surface area (Å²) in [4.78, 5) is 7.89. The number of aliphatic hydroxyl groups is 1. The summed E-state index contributed by atoms with van der Waals surface area (Å²) in [5.41, 5.74) is 0.352. The summed E-state index contributed by atoms with van der Waals surface area (Å²) in [6.07, 6.45) is 3.15. The largest absolute Gasteiger partial charge is 0.396 e. The highest BCUT2D eigenvalue weighted by molar-refractivity contribution is 5.29. The van der Waals surface area contributed by atoms with Gasteiger partial charge in [0.25, 0.3) is 0 Å². The van der Waals surface area contributed by atoms with Crippen molar-refractivity contribution in [1.82, 2.24) is 9.97 Å². The van der Waals surface area contributed by atoms with Gasteiger partial charge in [-0.1, -0.05) is 0 Å². The average Bonchev–Trinajstić information content (AvgIpc) is 2.25. The lowest BCUT2D eigenvalue weighted by Gasteiger charge is -2.02. The molecule has 14 heavy (non-hydrogen) atoms. The average molecular weight is 192 g/mol. The highest BCUT2D eigenvalue weighted by atomic mass is 16.2. The summed E-state index contributed by atoms with van der Waals surface area (Å²) in [6, 6.07) is 3.49. The van der Waals surface area contributed by atoms with E-state index in [-0.39, 0.29) is 6.61 Å². The smallest absolute Gasteiger partial charge is 0.223 e. The molecule has 0 bridgehead atoms. The molecule has 0 spiro atoms. The van der Waals surface area contributed by atoms with Crippen molar-refractivity contribution in [2.45, 2.75) is 12.8 Å². The summed E-state index contributed by atoms with van der Waals surface area (Å²) in [6.45, 7) is 0.899. The number of aromatic nitrogens is 2. The van der Waals surface area contributed by atoms with Gasteiger partial charge in [0, 0.05) is 19.3 Å². The van der Waals surface area contributed by atoms with Gasteiger partial charge in [-0.05, 0) is 18.9 Å². The van der Waals surface area contributed by atoms with E-state index in [0.717, 1.165) is 12.8 Å². The monoisotopic (exact) mass is 192 g/mol. The van der Waals surface area contributed by atoms with Crippen LogP contribution in [0, 0.1) is 11.3 Å². The minimum atomic E-state index is 0.195. The number of unbranched alkanes of at least 4 members (excludes halogenated alkanes) is 1. The van der Waals surface area contributed by atoms with E-state index >= 15 is 0 Å². The van der Waals surface area contributed by atoms with E-state index in [4.69, 9.17) is 10.4 Å². The Hall–Kier alpha value is -1.67. The van der Waals surface area contributed by atoms with E-state index in [1.807, 2.05) is 6.07 Å². The van der Waals surface area contributed by atoms with Crippen molar-refractivity contribution in [2.75, 3.05) is 18.5 Å². The molecule has 0 amide bonds. The Bertz CT molecular complexity index is 321. The highest BCUT2D eigenvalue weighted by Gasteiger charge is 1.96. The maximum absolute atomic E-state index is 8.57. The molecule has 0 saturated heterocycles. The molecule has 1 aromatic heterocycles. The standard InChI is InChI=1S/C9H12N4O/c10-7-8-3-5-12-9(13-8)11-4-1-2-6-14/h3,5,14H,1-2,4,6H2,(H,11,12,13). The molecule has 74 valence electrons. The van der Waals surface area contributed by atoms with Crippen LogP contribution in [0.2, 0.25) is 0 Å². The first-order chi connectivity index (χ1) is 6.86. The van der Waals surface area contributed by atoms with Crippen LogP contribution in [-0.4, -0.2) is 28.2 Å². The lowest BCUT2D eigenvalue weighted by molar-refractivity contribution is 0.286. The first-order valence-corrected chi connectivity index (χ1v) is 4.44. The maximum Gasteiger partial charge on any atom is 0.223 e. The van der Waals surface area contributed by atoms with E-state index in [0.29, 0.717) is 18.2 Å². The number of nitriles is 1. The molecule has 1 aromatic rings. The van der Waals surface area contributed by atoms with Crippen molar-refractivity contribution >= 4 is 5.95 Å². The molecule has 0 aliphatic heterocycles. The Labute approximate surface area is 82.4 Å². The van der Waals surface area contributed by atoms with Crippen molar-refractivity contribution in [3.8, 4) is 6.07 Å². The summed E-state index contributed by atoms with van der Waals surface area (Å²) in [7, 11) is 0. The Morgan fingerprint density at radius 3 is 3.07 bits per heavy atom. The predicted octanol–water partition coefficient (Wildman–Crippen LogP) is 0.533. The lowest BCUT2D eigenvalue weighted by atomic mass is 10.3. The molecule has 1 rings (SSSR count). The van der Waals surface area contributed by atoms with Gasteiger partial charge in [0.2, 0.25) is 5.95 Å². The number of nitrogens with one attached hydrogen (secondary N) is 1. The van der Waals surface area contributed by atoms with Crippen molar-refractivity contribution in [3.05, 3.63) is 18.0 Å². The van der Waals surface area contributed by atoms with E-state index in [9.17, 15) is 0 Å². The Balaban J connectivity index is 2.39. The van der Waals surface area contributed by atoms with Crippen LogP contribution >= 0.6 is 0 Å². The summed E-state index contributed by atoms with van der Waals surface area (Å²) >= 11 is 0. The lowest BCUT2D eigenvalue weighted by Crippen LogP contribution is -2.06. The van der Waals surface area contributed by atoms with Crippen molar-refractivity contribution in [2.24, 2.45) is 0 Å². The highest BCUT2D eigenvalue weighted by Crippen LogP contribution is 1.99. The SMILES string of the molecule is N#Cc1ccnc(NCCCCO)n1. The van der Waals surface area contributed by atoms with Crippen LogP contribution in [0.15, 0.2) is 12.3 Å². The third-order valence-corrected chi connectivity index (χ3v) is 1.64. The Morgan fingerprint density at radius 1 is 1.50 bits per heavy atom. The molecule has 0 fully saturated rings. The maximum atomic E-state index is 8.57. The molecule has 0 radical (unpaired) electrons. The van der Waals surface area contributed by atoms with Crippen LogP contribution in [0.5, 0.6) is 0 Å². The van der Waals surface area contributed by atoms with E-state index in [1.165, 1.54) is 0 Å². The number of aliphatic hydroxyl groups excluding tert-OH is 1. The first kappa shape index (κ1) is 10.4. The van der Waals surface area contributed by atoms with Crippen LogP contribution in [-0.2, 0) is 0 Å². The molecule has 0 saturated carbocycles. The van der Waals surface area contributed by atoms with Crippen molar-refractivity contribution in [3.63, 3.8) is 0 Å². The van der Waals surface area contributed by atoms with Gasteiger partial charge in [-0.15, -0.1) is 0 Å². The van der Waals surface area contributed by atoms with Gasteiger partial charge in [-0.3, -0.25) is 0 Å². The number of rotatable bonds is 5. The molecule has 1 heterocycles. The minimum absolute atomic E-state index is 0.195. The topological polar surface area (TPSA) is 81.8 Å². The van der Waals surface area contributed by atoms with Crippen LogP contribution in [0.3, 0.4) is 0 Å². The van der Waals surface area contributed by atoms with Gasteiger partial charge >= 0.3 is 0 Å². The van der Waals surface area contributed by atoms with Crippen LogP contribution in [0.4, 0.5) is 5.95 Å². The molecule has 0 aliphatic rings. The van der Waals surface area contributed by atoms with Gasteiger partial charge < -0.3 is 10.4 Å². The summed E-state index contributed by atoms with van der Waals surface area (Å²) < 4.78 is 0. The molecule has 0 unspecified atom stereocenters. The quantitative estimate of drug-likeness (QED) is 0.665. The van der Waals surface area contributed by atoms with Crippen LogP contribution in [0.25, 0.3) is 0 Å². The molecule has 0 atom stereocenters. The van der Waals surface area contributed by atoms with Gasteiger partial charge in [0.15, 0.2) is 0 Å². The fourth-order valence-electron chi connectivity index (χ4n) is 0.943. The van der Waals surface area contributed by atoms with Crippen LogP contribution in [0.1, 0.15) is 18.5 Å². The molecule has 2 N–H and O–H groups in total. The molecule has 5 nitrogen and oxygen atoms in total. The molecule has 5 heteroatoms. The van der Waals surface area contributed by atoms with Gasteiger partial charge in [0.1, 0.15) is 11.8 Å². The number of nitrogens with zero attached hydrogens (tertiary/aromatic N) is 3. The van der Waals surface area contributed by atoms with Gasteiger partial charge in [-0.2, -0.15) is 5.26 Å². The molecule has 0 aromatic carbocycles. The fraction of sp³-hybridized carbons (Fsp3) is 0.444. The zero-order valence-electron chi connectivity index (χ0n) is 7.77. The Morgan fingerprint density at radius 2 is 2.36 bits per heavy atom. The predicted molar refractivity (Wildman–Crippen MR) is 51.6 cm³/mol. The third kappa shape index (κ3) is 3.37. The molecule has 0 aliphatic carbocycles. The first-order valence-electron chi connectivity index (χ1n) is 4.44. The van der Waals surface area contributed by atoms with E-state index in [2.05, 4.69) is 15.3 Å². The number of anilines is 1. The number of hydrogen-bond acceptors (Lipinski definition) is 5.